The molecule has 0 bridgehead atoms. The minimum absolute atomic E-state index is 0.229. The molecule has 2 nitrogen and oxygen atoms in total. The second kappa shape index (κ2) is 9.24. The van der Waals surface area contributed by atoms with E-state index in [1.165, 1.54) is 7.11 Å². The smallest absolute Gasteiger partial charge is 0.168 e. The Balaban J connectivity index is 2.72. The summed E-state index contributed by atoms with van der Waals surface area (Å²) in [6.45, 7) is 7.49. The zero-order valence-electron chi connectivity index (χ0n) is 12.9. The minimum Gasteiger partial charge on any atom is -0.494 e. The fourth-order valence-corrected chi connectivity index (χ4v) is 2.84. The Bertz CT molecular complexity index is 398. The maximum atomic E-state index is 14.2. The Kier molecular flexibility index (Phi) is 8.00. The molecule has 114 valence electrons. The van der Waals surface area contributed by atoms with Crippen molar-refractivity contribution in [3.05, 3.63) is 29.6 Å². The SMILES string of the molecule is CCCNC(CSC(C)C)Cc1cccc(OC)c1F. The molecule has 0 saturated carbocycles. The van der Waals surface area contributed by atoms with Crippen LogP contribution >= 0.6 is 11.8 Å². The molecule has 0 aliphatic carbocycles. The highest BCUT2D eigenvalue weighted by molar-refractivity contribution is 7.99. The summed E-state index contributed by atoms with van der Waals surface area (Å²) in [6, 6.07) is 5.65. The summed E-state index contributed by atoms with van der Waals surface area (Å²) < 4.78 is 19.2. The molecule has 0 aromatic heterocycles. The maximum absolute atomic E-state index is 14.2. The fourth-order valence-electron chi connectivity index (χ4n) is 1.98. The van der Waals surface area contributed by atoms with Gasteiger partial charge in [0.2, 0.25) is 0 Å². The summed E-state index contributed by atoms with van der Waals surface area (Å²) in [6.07, 6.45) is 1.78. The number of nitrogens with one attached hydrogen (secondary N) is 1. The molecule has 1 unspecified atom stereocenters. The molecule has 4 heteroatoms. The Hall–Kier alpha value is -0.740. The van der Waals surface area contributed by atoms with Gasteiger partial charge in [-0.1, -0.05) is 32.9 Å². The maximum Gasteiger partial charge on any atom is 0.168 e. The van der Waals surface area contributed by atoms with E-state index in [0.29, 0.717) is 23.5 Å². The molecule has 0 aliphatic heterocycles. The van der Waals surface area contributed by atoms with E-state index in [1.54, 1.807) is 6.07 Å². The number of methoxy groups -OCH3 is 1. The Morgan fingerprint density at radius 3 is 2.70 bits per heavy atom. The lowest BCUT2D eigenvalue weighted by Crippen LogP contribution is -2.34. The largest absolute Gasteiger partial charge is 0.494 e. The summed E-state index contributed by atoms with van der Waals surface area (Å²) in [5.74, 6) is 1.09. The van der Waals surface area contributed by atoms with Gasteiger partial charge in [-0.05, 0) is 36.3 Å². The number of hydrogen-bond donors (Lipinski definition) is 1. The van der Waals surface area contributed by atoms with Gasteiger partial charge in [0.05, 0.1) is 7.11 Å². The molecule has 1 aromatic carbocycles. The summed E-state index contributed by atoms with van der Waals surface area (Å²) in [4.78, 5) is 0. The third-order valence-electron chi connectivity index (χ3n) is 3.04. The highest BCUT2D eigenvalue weighted by Crippen LogP contribution is 2.22. The van der Waals surface area contributed by atoms with Crippen LogP contribution in [-0.4, -0.2) is 30.7 Å². The predicted molar refractivity (Wildman–Crippen MR) is 86.3 cm³/mol. The van der Waals surface area contributed by atoms with Gasteiger partial charge < -0.3 is 10.1 Å². The standard InChI is InChI=1S/C16H26FNOS/c1-5-9-18-14(11-20-12(2)3)10-13-7-6-8-15(19-4)16(13)17/h6-8,12,14,18H,5,9-11H2,1-4H3. The molecule has 0 fully saturated rings. The molecule has 0 heterocycles. The van der Waals surface area contributed by atoms with Crippen LogP contribution in [0.5, 0.6) is 5.75 Å². The molecule has 0 saturated heterocycles. The van der Waals surface area contributed by atoms with Crippen molar-refractivity contribution in [2.75, 3.05) is 19.4 Å². The summed E-state index contributed by atoms with van der Waals surface area (Å²) in [5, 5.41) is 4.10. The van der Waals surface area contributed by atoms with Crippen LogP contribution in [0.1, 0.15) is 32.8 Å². The number of halogens is 1. The summed E-state index contributed by atoms with van der Waals surface area (Å²) in [7, 11) is 1.50. The summed E-state index contributed by atoms with van der Waals surface area (Å²) >= 11 is 1.91. The van der Waals surface area contributed by atoms with E-state index < -0.39 is 0 Å². The lowest BCUT2D eigenvalue weighted by Gasteiger charge is -2.20. The van der Waals surface area contributed by atoms with E-state index in [0.717, 1.165) is 24.3 Å². The number of hydrogen-bond acceptors (Lipinski definition) is 3. The van der Waals surface area contributed by atoms with Crippen molar-refractivity contribution in [1.82, 2.24) is 5.32 Å². The monoisotopic (exact) mass is 299 g/mol. The Morgan fingerprint density at radius 1 is 1.35 bits per heavy atom. The van der Waals surface area contributed by atoms with Crippen molar-refractivity contribution in [3.8, 4) is 5.75 Å². The quantitative estimate of drug-likeness (QED) is 0.747. The Morgan fingerprint density at radius 2 is 2.10 bits per heavy atom. The fraction of sp³-hybridized carbons (Fsp3) is 0.625. The van der Waals surface area contributed by atoms with E-state index in [-0.39, 0.29) is 5.82 Å². The first kappa shape index (κ1) is 17.3. The topological polar surface area (TPSA) is 21.3 Å². The number of thioether (sulfide) groups is 1. The van der Waals surface area contributed by atoms with Crippen molar-refractivity contribution in [1.29, 1.82) is 0 Å². The van der Waals surface area contributed by atoms with E-state index in [2.05, 4.69) is 26.1 Å². The molecule has 0 aliphatic rings. The van der Waals surface area contributed by atoms with Gasteiger partial charge in [-0.25, -0.2) is 4.39 Å². The van der Waals surface area contributed by atoms with Gasteiger partial charge in [0.15, 0.2) is 11.6 Å². The van der Waals surface area contributed by atoms with Crippen molar-refractivity contribution in [3.63, 3.8) is 0 Å². The lowest BCUT2D eigenvalue weighted by molar-refractivity contribution is 0.383. The van der Waals surface area contributed by atoms with Crippen LogP contribution in [0.25, 0.3) is 0 Å². The first-order valence-corrected chi connectivity index (χ1v) is 8.29. The molecule has 1 aromatic rings. The van der Waals surface area contributed by atoms with Crippen molar-refractivity contribution in [2.45, 2.75) is 44.9 Å². The molecule has 1 rings (SSSR count). The molecule has 1 N–H and O–H groups in total. The first-order valence-electron chi connectivity index (χ1n) is 7.24. The second-order valence-corrected chi connectivity index (χ2v) is 6.78. The molecule has 1 atom stereocenters. The van der Waals surface area contributed by atoms with Crippen LogP contribution in [0.2, 0.25) is 0 Å². The van der Waals surface area contributed by atoms with Gasteiger partial charge >= 0.3 is 0 Å². The van der Waals surface area contributed by atoms with Crippen LogP contribution in [0.3, 0.4) is 0 Å². The van der Waals surface area contributed by atoms with Gasteiger partial charge in [-0.3, -0.25) is 0 Å². The van der Waals surface area contributed by atoms with Gasteiger partial charge in [-0.15, -0.1) is 0 Å². The third kappa shape index (κ3) is 5.71. The Labute approximate surface area is 126 Å². The van der Waals surface area contributed by atoms with E-state index in [1.807, 2.05) is 23.9 Å². The molecule has 20 heavy (non-hydrogen) atoms. The van der Waals surface area contributed by atoms with Gasteiger partial charge in [0, 0.05) is 11.8 Å². The molecule has 0 radical (unpaired) electrons. The second-order valence-electron chi connectivity index (χ2n) is 5.17. The highest BCUT2D eigenvalue weighted by Gasteiger charge is 2.15. The third-order valence-corrected chi connectivity index (χ3v) is 4.30. The van der Waals surface area contributed by atoms with Gasteiger partial charge in [-0.2, -0.15) is 11.8 Å². The van der Waals surface area contributed by atoms with E-state index in [4.69, 9.17) is 4.74 Å². The van der Waals surface area contributed by atoms with E-state index >= 15 is 0 Å². The number of rotatable bonds is 9. The average Bonchev–Trinajstić information content (AvgIpc) is 2.43. The van der Waals surface area contributed by atoms with Crippen molar-refractivity contribution in [2.24, 2.45) is 0 Å². The number of benzene rings is 1. The molecule has 0 amide bonds. The van der Waals surface area contributed by atoms with E-state index in [9.17, 15) is 4.39 Å². The van der Waals surface area contributed by atoms with Crippen LogP contribution in [0, 0.1) is 5.82 Å². The van der Waals surface area contributed by atoms with Gasteiger partial charge in [0.25, 0.3) is 0 Å². The van der Waals surface area contributed by atoms with Crippen LogP contribution in [-0.2, 0) is 6.42 Å². The van der Waals surface area contributed by atoms with Gasteiger partial charge in [0.1, 0.15) is 0 Å². The predicted octanol–water partition coefficient (Wildman–Crippen LogP) is 3.89. The van der Waals surface area contributed by atoms with Crippen molar-refractivity contribution < 1.29 is 9.13 Å². The first-order chi connectivity index (χ1) is 9.58. The average molecular weight is 299 g/mol. The van der Waals surface area contributed by atoms with Crippen LogP contribution in [0.15, 0.2) is 18.2 Å². The van der Waals surface area contributed by atoms with Crippen molar-refractivity contribution >= 4 is 11.8 Å². The normalized spacial score (nSPS) is 12.7. The lowest BCUT2D eigenvalue weighted by atomic mass is 10.1. The van der Waals surface area contributed by atoms with Crippen LogP contribution < -0.4 is 10.1 Å². The number of ether oxygens (including phenoxy) is 1. The molecule has 0 spiro atoms. The molecular formula is C16H26FNOS. The minimum atomic E-state index is -0.229. The zero-order chi connectivity index (χ0) is 15.0. The highest BCUT2D eigenvalue weighted by atomic mass is 32.2. The zero-order valence-corrected chi connectivity index (χ0v) is 13.7. The van der Waals surface area contributed by atoms with Crippen LogP contribution in [0.4, 0.5) is 4.39 Å². The molecular weight excluding hydrogens is 273 g/mol. The summed E-state index contributed by atoms with van der Waals surface area (Å²) in [5.41, 5.74) is 0.724.